The largest absolute Gasteiger partial charge is 0.462 e. The monoisotopic (exact) mass is 569 g/mol. The number of amides is 1. The van der Waals surface area contributed by atoms with Crippen molar-refractivity contribution < 1.29 is 28.6 Å². The van der Waals surface area contributed by atoms with E-state index >= 15 is 0 Å². The molecule has 4 rings (SSSR count). The first kappa shape index (κ1) is 29.3. The van der Waals surface area contributed by atoms with E-state index < -0.39 is 30.0 Å². The molecule has 0 saturated carbocycles. The van der Waals surface area contributed by atoms with Crippen LogP contribution in [0.15, 0.2) is 59.4 Å². The second kappa shape index (κ2) is 14.1. The molecule has 2 N–H and O–H groups in total. The van der Waals surface area contributed by atoms with E-state index in [4.69, 9.17) is 25.8 Å². The number of ether oxygens (including phenoxy) is 3. The second-order valence-electron chi connectivity index (χ2n) is 9.40. The average Bonchev–Trinajstić information content (AvgIpc) is 2.96. The molecule has 10 nitrogen and oxygen atoms in total. The summed E-state index contributed by atoms with van der Waals surface area (Å²) in [5.41, 5.74) is 1.07. The van der Waals surface area contributed by atoms with E-state index in [9.17, 15) is 19.2 Å². The number of carbonyl (C=O) groups is 3. The molecule has 0 bridgehead atoms. The number of esters is 2. The number of nitrogens with zero attached hydrogens (tertiary/aromatic N) is 1. The summed E-state index contributed by atoms with van der Waals surface area (Å²) in [6.45, 7) is 5.19. The van der Waals surface area contributed by atoms with Gasteiger partial charge in [0.1, 0.15) is 12.6 Å². The summed E-state index contributed by atoms with van der Waals surface area (Å²) < 4.78 is 16.3. The zero-order valence-electron chi connectivity index (χ0n) is 22.2. The number of pyridine rings is 1. The van der Waals surface area contributed by atoms with Gasteiger partial charge in [0.15, 0.2) is 6.10 Å². The Morgan fingerprint density at radius 1 is 1.07 bits per heavy atom. The summed E-state index contributed by atoms with van der Waals surface area (Å²) >= 11 is 5.94. The maximum absolute atomic E-state index is 13.4. The third-order valence-electron chi connectivity index (χ3n) is 6.60. The number of fused-ring (bicyclic) bond motifs is 1. The van der Waals surface area contributed by atoms with Crippen molar-refractivity contribution in [2.75, 3.05) is 39.5 Å². The van der Waals surface area contributed by atoms with Crippen molar-refractivity contribution in [3.8, 4) is 0 Å². The Hall–Kier alpha value is -3.73. The first-order chi connectivity index (χ1) is 19.3. The minimum absolute atomic E-state index is 0.0366. The van der Waals surface area contributed by atoms with Gasteiger partial charge < -0.3 is 24.5 Å². The van der Waals surface area contributed by atoms with Crippen LogP contribution in [0.2, 0.25) is 5.02 Å². The molecule has 1 aliphatic rings. The van der Waals surface area contributed by atoms with Gasteiger partial charge in [-0.15, -0.1) is 0 Å². The molecule has 0 aliphatic carbocycles. The lowest BCUT2D eigenvalue weighted by molar-refractivity contribution is -0.169. The van der Waals surface area contributed by atoms with E-state index in [0.717, 1.165) is 18.5 Å². The van der Waals surface area contributed by atoms with Gasteiger partial charge >= 0.3 is 11.9 Å². The average molecular weight is 570 g/mol. The van der Waals surface area contributed by atoms with Gasteiger partial charge in [0.25, 0.3) is 5.91 Å². The number of H-pyrrole nitrogens is 1. The third-order valence-corrected chi connectivity index (χ3v) is 6.86. The molecular weight excluding hydrogens is 538 g/mol. The number of halogens is 1. The van der Waals surface area contributed by atoms with Gasteiger partial charge in [-0.3, -0.25) is 14.5 Å². The van der Waals surface area contributed by atoms with Crippen LogP contribution < -0.4 is 10.9 Å². The minimum atomic E-state index is -1.19. The van der Waals surface area contributed by atoms with E-state index in [1.807, 2.05) is 12.1 Å². The number of hydrogen-bond donors (Lipinski definition) is 2. The van der Waals surface area contributed by atoms with Crippen molar-refractivity contribution in [2.24, 2.45) is 0 Å². The first-order valence-electron chi connectivity index (χ1n) is 13.2. The zero-order chi connectivity index (χ0) is 28.5. The van der Waals surface area contributed by atoms with Crippen LogP contribution in [0.5, 0.6) is 0 Å². The summed E-state index contributed by atoms with van der Waals surface area (Å²) in [5, 5.41) is 3.88. The molecule has 40 heavy (non-hydrogen) atoms. The molecular formula is C29H32ClN3O7. The second-order valence-corrected chi connectivity index (χ2v) is 9.83. The number of para-hydroxylation sites is 1. The van der Waals surface area contributed by atoms with Crippen molar-refractivity contribution in [1.82, 2.24) is 15.2 Å². The maximum Gasteiger partial charge on any atom is 0.347 e. The number of carbonyl (C=O) groups excluding carboxylic acids is 3. The Kier molecular flexibility index (Phi) is 10.3. The molecule has 1 amide bonds. The molecule has 1 saturated heterocycles. The summed E-state index contributed by atoms with van der Waals surface area (Å²) in [6.07, 6.45) is -0.998. The molecule has 1 aromatic heterocycles. The molecule has 2 aromatic carbocycles. The highest BCUT2D eigenvalue weighted by Gasteiger charge is 2.30. The summed E-state index contributed by atoms with van der Waals surface area (Å²) in [6, 6.07) is 13.5. The van der Waals surface area contributed by atoms with E-state index in [2.05, 4.69) is 15.2 Å². The van der Waals surface area contributed by atoms with Crippen LogP contribution in [0.4, 0.5) is 0 Å². The van der Waals surface area contributed by atoms with Gasteiger partial charge in [0.05, 0.1) is 13.2 Å². The minimum Gasteiger partial charge on any atom is -0.462 e. The molecule has 1 aliphatic heterocycles. The molecule has 2 heterocycles. The van der Waals surface area contributed by atoms with Gasteiger partial charge in [0, 0.05) is 53.6 Å². The SMILES string of the molecule is CCC(OC(=O)C(Cc1cc(=O)[nH]c2ccccc12)NC(=O)c1ccc(Cl)cc1)C(=O)OCCN1CCOCC1. The Morgan fingerprint density at radius 2 is 1.80 bits per heavy atom. The number of hydrogen-bond acceptors (Lipinski definition) is 8. The Balaban J connectivity index is 1.49. The van der Waals surface area contributed by atoms with Crippen LogP contribution in [0.1, 0.15) is 29.3 Å². The van der Waals surface area contributed by atoms with Crippen molar-refractivity contribution >= 4 is 40.3 Å². The molecule has 2 unspecified atom stereocenters. The first-order valence-corrected chi connectivity index (χ1v) is 13.6. The third kappa shape index (κ3) is 7.91. The maximum atomic E-state index is 13.4. The molecule has 11 heteroatoms. The van der Waals surface area contributed by atoms with E-state index in [-0.39, 0.29) is 30.6 Å². The molecule has 212 valence electrons. The van der Waals surface area contributed by atoms with Gasteiger partial charge in [0.2, 0.25) is 5.56 Å². The highest BCUT2D eigenvalue weighted by molar-refractivity contribution is 6.30. The highest BCUT2D eigenvalue weighted by atomic mass is 35.5. The molecule has 3 aromatic rings. The van der Waals surface area contributed by atoms with E-state index in [1.165, 1.54) is 18.2 Å². The molecule has 0 spiro atoms. The number of nitrogens with one attached hydrogen (secondary N) is 2. The van der Waals surface area contributed by atoms with Crippen LogP contribution in [0.3, 0.4) is 0 Å². The number of morpholine rings is 1. The standard InChI is InChI=1S/C29H32ClN3O7/c1-2-25(29(37)39-16-13-33-11-14-38-15-12-33)40-28(36)24(32-27(35)19-7-9-21(30)10-8-19)17-20-18-26(34)31-23-6-4-3-5-22(20)23/h3-10,18,24-25H,2,11-17H2,1H3,(H,31,34)(H,32,35). The van der Waals surface area contributed by atoms with Crippen LogP contribution in [-0.2, 0) is 30.2 Å². The lowest BCUT2D eigenvalue weighted by atomic mass is 10.0. The fourth-order valence-electron chi connectivity index (χ4n) is 4.42. The van der Waals surface area contributed by atoms with Crippen molar-refractivity contribution in [3.63, 3.8) is 0 Å². The van der Waals surface area contributed by atoms with Crippen LogP contribution in [0, 0.1) is 0 Å². The number of aromatic nitrogens is 1. The van der Waals surface area contributed by atoms with Gasteiger partial charge in [-0.2, -0.15) is 0 Å². The topological polar surface area (TPSA) is 127 Å². The predicted octanol–water partition coefficient (Wildman–Crippen LogP) is 2.72. The van der Waals surface area contributed by atoms with Gasteiger partial charge in [-0.05, 0) is 42.3 Å². The summed E-state index contributed by atoms with van der Waals surface area (Å²) in [4.78, 5) is 56.4. The summed E-state index contributed by atoms with van der Waals surface area (Å²) in [5.74, 6) is -2.01. The van der Waals surface area contributed by atoms with Gasteiger partial charge in [-0.25, -0.2) is 9.59 Å². The van der Waals surface area contributed by atoms with Crippen LogP contribution >= 0.6 is 11.6 Å². The van der Waals surface area contributed by atoms with Crippen molar-refractivity contribution in [1.29, 1.82) is 0 Å². The zero-order valence-corrected chi connectivity index (χ0v) is 22.9. The quantitative estimate of drug-likeness (QED) is 0.338. The smallest absolute Gasteiger partial charge is 0.347 e. The lowest BCUT2D eigenvalue weighted by Gasteiger charge is -2.26. The van der Waals surface area contributed by atoms with E-state index in [1.54, 1.807) is 31.2 Å². The lowest BCUT2D eigenvalue weighted by Crippen LogP contribution is -2.46. The fourth-order valence-corrected chi connectivity index (χ4v) is 4.54. The highest BCUT2D eigenvalue weighted by Crippen LogP contribution is 2.18. The van der Waals surface area contributed by atoms with Crippen molar-refractivity contribution in [2.45, 2.75) is 31.9 Å². The number of aromatic amines is 1. The fraction of sp³-hybridized carbons (Fsp3) is 0.379. The van der Waals surface area contributed by atoms with Crippen LogP contribution in [-0.4, -0.2) is 79.3 Å². The predicted molar refractivity (Wildman–Crippen MR) is 149 cm³/mol. The van der Waals surface area contributed by atoms with E-state index in [0.29, 0.717) is 35.9 Å². The van der Waals surface area contributed by atoms with Crippen molar-refractivity contribution in [3.05, 3.63) is 81.1 Å². The van der Waals surface area contributed by atoms with Crippen LogP contribution in [0.25, 0.3) is 10.9 Å². The Labute approximate surface area is 236 Å². The molecule has 2 atom stereocenters. The number of rotatable bonds is 11. The Bertz CT molecular complexity index is 1390. The Morgan fingerprint density at radius 3 is 2.52 bits per heavy atom. The summed E-state index contributed by atoms with van der Waals surface area (Å²) in [7, 11) is 0. The molecule has 0 radical (unpaired) electrons. The normalized spacial score (nSPS) is 15.2. The molecule has 1 fully saturated rings. The number of benzene rings is 2. The van der Waals surface area contributed by atoms with Gasteiger partial charge in [-0.1, -0.05) is 36.7 Å².